The Labute approximate surface area is 207 Å². The quantitative estimate of drug-likeness (QED) is 0.238. The lowest BCUT2D eigenvalue weighted by Crippen LogP contribution is -2.31. The molecule has 3 aromatic rings. The second-order valence-corrected chi connectivity index (χ2v) is 7.90. The molecule has 0 bridgehead atoms. The summed E-state index contributed by atoms with van der Waals surface area (Å²) < 4.78 is 6.59. The van der Waals surface area contributed by atoms with Gasteiger partial charge in [-0.1, -0.05) is 47.7 Å². The van der Waals surface area contributed by atoms with Gasteiger partial charge in [-0.25, -0.2) is 14.3 Å². The van der Waals surface area contributed by atoms with Gasteiger partial charge in [-0.2, -0.15) is 0 Å². The second kappa shape index (κ2) is 13.4. The topological polar surface area (TPSA) is 173 Å². The molecule has 12 nitrogen and oxygen atoms in total. The highest BCUT2D eigenvalue weighted by molar-refractivity contribution is 5.93. The molecule has 1 atom stereocenters. The maximum atomic E-state index is 13.0. The van der Waals surface area contributed by atoms with Gasteiger partial charge in [-0.3, -0.25) is 4.79 Å². The number of benzene rings is 2. The summed E-state index contributed by atoms with van der Waals surface area (Å²) >= 11 is 0. The number of primary amides is 1. The first-order valence-electron chi connectivity index (χ1n) is 11.3. The third kappa shape index (κ3) is 8.40. The number of carbonyl (C=O) groups is 3. The summed E-state index contributed by atoms with van der Waals surface area (Å²) in [5.74, 6) is -0.336. The number of hydrogen-bond acceptors (Lipinski definition) is 7. The molecule has 0 spiro atoms. The molecule has 0 unspecified atom stereocenters. The number of nitrogens with zero attached hydrogens (tertiary/aromatic N) is 3. The summed E-state index contributed by atoms with van der Waals surface area (Å²) in [6, 6.07) is 14.7. The fourth-order valence-corrected chi connectivity index (χ4v) is 3.29. The zero-order valence-electron chi connectivity index (χ0n) is 19.6. The van der Waals surface area contributed by atoms with E-state index in [1.807, 2.05) is 30.3 Å². The minimum atomic E-state index is -0.733. The fraction of sp³-hybridized carbons (Fsp3) is 0.292. The predicted octanol–water partition coefficient (Wildman–Crippen LogP) is 1.83. The van der Waals surface area contributed by atoms with E-state index >= 15 is 0 Å². The van der Waals surface area contributed by atoms with Gasteiger partial charge in [-0.05, 0) is 36.1 Å². The van der Waals surface area contributed by atoms with Crippen molar-refractivity contribution in [1.29, 1.82) is 0 Å². The molecule has 0 saturated heterocycles. The van der Waals surface area contributed by atoms with Gasteiger partial charge in [0.25, 0.3) is 0 Å². The number of nitrogens with one attached hydrogen (secondary N) is 3. The van der Waals surface area contributed by atoms with E-state index in [-0.39, 0.29) is 25.7 Å². The number of hydrogen-bond donors (Lipinski definition) is 5. The number of rotatable bonds is 12. The van der Waals surface area contributed by atoms with E-state index in [4.69, 9.17) is 10.5 Å². The fourth-order valence-electron chi connectivity index (χ4n) is 3.29. The van der Waals surface area contributed by atoms with Crippen molar-refractivity contribution >= 4 is 23.7 Å². The van der Waals surface area contributed by atoms with Crippen LogP contribution in [-0.2, 0) is 29.3 Å². The molecule has 0 saturated carbocycles. The van der Waals surface area contributed by atoms with E-state index in [1.165, 1.54) is 4.68 Å². The van der Waals surface area contributed by atoms with Gasteiger partial charge in [0, 0.05) is 12.2 Å². The molecule has 1 heterocycles. The lowest BCUT2D eigenvalue weighted by molar-refractivity contribution is -0.119. The summed E-state index contributed by atoms with van der Waals surface area (Å²) in [5.41, 5.74) is 7.68. The minimum Gasteiger partial charge on any atom is -0.445 e. The Kier molecular flexibility index (Phi) is 9.77. The van der Waals surface area contributed by atoms with Crippen molar-refractivity contribution < 1.29 is 24.2 Å². The van der Waals surface area contributed by atoms with Crippen molar-refractivity contribution in [3.63, 3.8) is 0 Å². The molecule has 0 aliphatic rings. The summed E-state index contributed by atoms with van der Waals surface area (Å²) in [6.45, 7) is 0.397. The van der Waals surface area contributed by atoms with Gasteiger partial charge in [0.1, 0.15) is 18.3 Å². The van der Waals surface area contributed by atoms with Crippen molar-refractivity contribution in [3.8, 4) is 0 Å². The Balaban J connectivity index is 1.59. The Morgan fingerprint density at radius 2 is 1.78 bits per heavy atom. The summed E-state index contributed by atoms with van der Waals surface area (Å²) in [5, 5.41) is 25.2. The molecule has 12 heteroatoms. The number of amides is 4. The van der Waals surface area contributed by atoms with Crippen molar-refractivity contribution in [3.05, 3.63) is 77.6 Å². The van der Waals surface area contributed by atoms with Crippen molar-refractivity contribution in [2.45, 2.75) is 38.6 Å². The SMILES string of the molecule is NC(=O)NCCC[C@@H](C(=O)Nc1ccc(CO)cc1)n1cc(CNC(=O)OCc2ccccc2)nn1. The average molecular weight is 496 g/mol. The van der Waals surface area contributed by atoms with Crippen LogP contribution in [0.3, 0.4) is 0 Å². The Morgan fingerprint density at radius 1 is 1.03 bits per heavy atom. The molecule has 0 aliphatic heterocycles. The van der Waals surface area contributed by atoms with Gasteiger partial charge in [0.15, 0.2) is 0 Å². The van der Waals surface area contributed by atoms with E-state index in [0.29, 0.717) is 30.8 Å². The lowest BCUT2D eigenvalue weighted by atomic mass is 10.1. The van der Waals surface area contributed by atoms with E-state index in [1.54, 1.807) is 30.5 Å². The summed E-state index contributed by atoms with van der Waals surface area (Å²) in [7, 11) is 0. The standard InChI is InChI=1S/C24H29N7O5/c25-23(34)26-12-4-7-21(22(33)28-19-10-8-17(15-32)9-11-19)31-14-20(29-30-31)13-27-24(35)36-16-18-5-2-1-3-6-18/h1-3,5-6,8-11,14,21,32H,4,7,12-13,15-16H2,(H,27,35)(H,28,33)(H3,25,26,34)/t21-/m0/s1. The largest absolute Gasteiger partial charge is 0.445 e. The first-order valence-corrected chi connectivity index (χ1v) is 11.3. The number of aliphatic hydroxyl groups excluding tert-OH is 1. The van der Waals surface area contributed by atoms with Crippen molar-refractivity contribution in [2.75, 3.05) is 11.9 Å². The monoisotopic (exact) mass is 495 g/mol. The Morgan fingerprint density at radius 3 is 2.47 bits per heavy atom. The highest BCUT2D eigenvalue weighted by Crippen LogP contribution is 2.18. The Hall–Kier alpha value is -4.45. The maximum Gasteiger partial charge on any atom is 0.407 e. The van der Waals surface area contributed by atoms with Crippen LogP contribution < -0.4 is 21.7 Å². The number of urea groups is 1. The van der Waals surface area contributed by atoms with E-state index in [9.17, 15) is 19.5 Å². The van der Waals surface area contributed by atoms with Crippen LogP contribution in [0.1, 0.15) is 35.7 Å². The molecule has 0 aliphatic carbocycles. The van der Waals surface area contributed by atoms with Gasteiger partial charge in [0.05, 0.1) is 19.3 Å². The molecule has 4 amide bonds. The molecule has 6 N–H and O–H groups in total. The first-order chi connectivity index (χ1) is 17.4. The molecule has 0 fully saturated rings. The zero-order chi connectivity index (χ0) is 25.8. The molecule has 1 aromatic heterocycles. The van der Waals surface area contributed by atoms with Crippen LogP contribution in [-0.4, -0.2) is 44.7 Å². The van der Waals surface area contributed by atoms with Crippen LogP contribution in [0.15, 0.2) is 60.8 Å². The number of ether oxygens (including phenoxy) is 1. The summed E-state index contributed by atoms with van der Waals surface area (Å²) in [4.78, 5) is 36.0. The number of anilines is 1. The predicted molar refractivity (Wildman–Crippen MR) is 130 cm³/mol. The Bertz CT molecular complexity index is 1140. The van der Waals surface area contributed by atoms with Crippen LogP contribution in [0.5, 0.6) is 0 Å². The zero-order valence-corrected chi connectivity index (χ0v) is 19.6. The third-order valence-electron chi connectivity index (χ3n) is 5.16. The number of alkyl carbamates (subject to hydrolysis) is 1. The molecule has 3 rings (SSSR count). The van der Waals surface area contributed by atoms with Crippen LogP contribution in [0.4, 0.5) is 15.3 Å². The van der Waals surface area contributed by atoms with Crippen molar-refractivity contribution in [2.24, 2.45) is 5.73 Å². The van der Waals surface area contributed by atoms with E-state index in [2.05, 4.69) is 26.3 Å². The molecule has 36 heavy (non-hydrogen) atoms. The number of aromatic nitrogens is 3. The van der Waals surface area contributed by atoms with E-state index < -0.39 is 18.2 Å². The van der Waals surface area contributed by atoms with Crippen LogP contribution >= 0.6 is 0 Å². The second-order valence-electron chi connectivity index (χ2n) is 7.90. The van der Waals surface area contributed by atoms with Crippen LogP contribution in [0.2, 0.25) is 0 Å². The average Bonchev–Trinajstić information content (AvgIpc) is 3.35. The number of nitrogens with two attached hydrogens (primary N) is 1. The number of carbonyl (C=O) groups excluding carboxylic acids is 3. The number of aliphatic hydroxyl groups is 1. The van der Waals surface area contributed by atoms with Gasteiger partial charge in [0.2, 0.25) is 5.91 Å². The van der Waals surface area contributed by atoms with Gasteiger partial charge >= 0.3 is 12.1 Å². The van der Waals surface area contributed by atoms with Gasteiger partial charge in [-0.15, -0.1) is 5.10 Å². The maximum absolute atomic E-state index is 13.0. The minimum absolute atomic E-state index is 0.0633. The van der Waals surface area contributed by atoms with E-state index in [0.717, 1.165) is 11.1 Å². The summed E-state index contributed by atoms with van der Waals surface area (Å²) in [6.07, 6.45) is 1.77. The van der Waals surface area contributed by atoms with Gasteiger partial charge < -0.3 is 31.5 Å². The molecule has 2 aromatic carbocycles. The normalized spacial score (nSPS) is 11.4. The molecule has 190 valence electrons. The molecule has 0 radical (unpaired) electrons. The lowest BCUT2D eigenvalue weighted by Gasteiger charge is -2.17. The highest BCUT2D eigenvalue weighted by atomic mass is 16.5. The third-order valence-corrected chi connectivity index (χ3v) is 5.16. The molecular formula is C24H29N7O5. The van der Waals surface area contributed by atoms with Crippen LogP contribution in [0.25, 0.3) is 0 Å². The highest BCUT2D eigenvalue weighted by Gasteiger charge is 2.22. The molecular weight excluding hydrogens is 466 g/mol. The van der Waals surface area contributed by atoms with Crippen molar-refractivity contribution in [1.82, 2.24) is 25.6 Å². The van der Waals surface area contributed by atoms with Crippen LogP contribution in [0, 0.1) is 0 Å². The smallest absolute Gasteiger partial charge is 0.407 e. The first kappa shape index (κ1) is 26.2.